The highest BCUT2D eigenvalue weighted by Gasteiger charge is 2.16. The summed E-state index contributed by atoms with van der Waals surface area (Å²) in [5.41, 5.74) is 2.33. The van der Waals surface area contributed by atoms with Gasteiger partial charge in [-0.25, -0.2) is 9.37 Å². The van der Waals surface area contributed by atoms with E-state index >= 15 is 0 Å². The number of benzene rings is 3. The molecule has 8 nitrogen and oxygen atoms in total. The zero-order valence-corrected chi connectivity index (χ0v) is 17.8. The van der Waals surface area contributed by atoms with E-state index < -0.39 is 16.6 Å². The van der Waals surface area contributed by atoms with Crippen molar-refractivity contribution < 1.29 is 14.1 Å². The number of carbonyl (C=O) groups is 1. The fraction of sp³-hybridized carbons (Fsp3) is 0.0435. The number of rotatable bonds is 7. The number of nitro groups is 1. The third-order valence-corrected chi connectivity index (χ3v) is 5.37. The average Bonchev–Trinajstić information content (AvgIpc) is 2.85. The monoisotopic (exact) mass is 461 g/mol. The molecule has 10 heteroatoms. The van der Waals surface area contributed by atoms with Crippen LogP contribution in [0.15, 0.2) is 84.0 Å². The van der Waals surface area contributed by atoms with E-state index in [1.807, 2.05) is 60.7 Å². The number of nitrogens with zero attached hydrogens (tertiary/aromatic N) is 4. The highest BCUT2D eigenvalue weighted by atomic mass is 32.2. The summed E-state index contributed by atoms with van der Waals surface area (Å²) in [6.45, 7) is 0. The lowest BCUT2D eigenvalue weighted by Crippen LogP contribution is -2.15. The first kappa shape index (κ1) is 22.0. The number of thioether (sulfide) groups is 1. The summed E-state index contributed by atoms with van der Waals surface area (Å²) < 4.78 is 13.9. The summed E-state index contributed by atoms with van der Waals surface area (Å²) in [6.07, 6.45) is 0. The molecule has 0 aliphatic rings. The highest BCUT2D eigenvalue weighted by molar-refractivity contribution is 7.99. The van der Waals surface area contributed by atoms with E-state index in [1.165, 1.54) is 0 Å². The molecule has 0 fully saturated rings. The minimum atomic E-state index is -0.768. The van der Waals surface area contributed by atoms with Gasteiger partial charge in [0.25, 0.3) is 5.69 Å². The molecule has 0 radical (unpaired) electrons. The van der Waals surface area contributed by atoms with Crippen LogP contribution >= 0.6 is 11.8 Å². The number of aromatic nitrogens is 3. The number of hydrogen-bond donors (Lipinski definition) is 1. The van der Waals surface area contributed by atoms with Crippen LogP contribution in [0.4, 0.5) is 15.8 Å². The smallest absolute Gasteiger partial charge is 0.271 e. The Kier molecular flexibility index (Phi) is 6.65. The van der Waals surface area contributed by atoms with Crippen LogP contribution in [0.25, 0.3) is 22.5 Å². The quantitative estimate of drug-likeness (QED) is 0.235. The number of non-ortho nitro benzene ring substituents is 1. The standard InChI is InChI=1S/C23H16FN5O3S/c24-18-12-11-17(29(31)32)13-19(18)25-20(30)14-33-23-26-21(15-7-3-1-4-8-15)22(27-28-23)16-9-5-2-6-10-16/h1-13H,14H2,(H,25,30). The van der Waals surface area contributed by atoms with Gasteiger partial charge in [0, 0.05) is 23.3 Å². The number of amides is 1. The highest BCUT2D eigenvalue weighted by Crippen LogP contribution is 2.29. The summed E-state index contributed by atoms with van der Waals surface area (Å²) >= 11 is 1.02. The second-order valence-corrected chi connectivity index (χ2v) is 7.72. The predicted molar refractivity (Wildman–Crippen MR) is 123 cm³/mol. The first-order chi connectivity index (χ1) is 16.0. The summed E-state index contributed by atoms with van der Waals surface area (Å²) in [4.78, 5) is 27.1. The molecule has 33 heavy (non-hydrogen) atoms. The van der Waals surface area contributed by atoms with Gasteiger partial charge in [0.1, 0.15) is 17.2 Å². The van der Waals surface area contributed by atoms with Crippen molar-refractivity contribution in [1.29, 1.82) is 0 Å². The number of nitro benzene ring substituents is 1. The van der Waals surface area contributed by atoms with Crippen molar-refractivity contribution in [2.75, 3.05) is 11.1 Å². The first-order valence-corrected chi connectivity index (χ1v) is 10.7. The van der Waals surface area contributed by atoms with Crippen LogP contribution in [0.2, 0.25) is 0 Å². The van der Waals surface area contributed by atoms with E-state index in [9.17, 15) is 19.3 Å². The Morgan fingerprint density at radius 2 is 1.58 bits per heavy atom. The number of nitrogens with one attached hydrogen (secondary N) is 1. The molecule has 4 rings (SSSR count). The summed E-state index contributed by atoms with van der Waals surface area (Å²) in [7, 11) is 0. The van der Waals surface area contributed by atoms with E-state index in [-0.39, 0.29) is 22.3 Å². The zero-order valence-electron chi connectivity index (χ0n) is 17.0. The number of halogens is 1. The largest absolute Gasteiger partial charge is 0.323 e. The van der Waals surface area contributed by atoms with Gasteiger partial charge in [0.15, 0.2) is 0 Å². The van der Waals surface area contributed by atoms with E-state index in [0.717, 1.165) is 41.1 Å². The SMILES string of the molecule is O=C(CSc1nnc(-c2ccccc2)c(-c2ccccc2)n1)Nc1cc([N+](=O)[O-])ccc1F. The van der Waals surface area contributed by atoms with Crippen molar-refractivity contribution in [3.63, 3.8) is 0 Å². The maximum Gasteiger partial charge on any atom is 0.271 e. The van der Waals surface area contributed by atoms with Crippen molar-refractivity contribution in [3.8, 4) is 22.5 Å². The van der Waals surface area contributed by atoms with Crippen LogP contribution in [0.5, 0.6) is 0 Å². The van der Waals surface area contributed by atoms with Crippen LogP contribution in [-0.4, -0.2) is 31.8 Å². The molecule has 1 N–H and O–H groups in total. The van der Waals surface area contributed by atoms with Gasteiger partial charge in [-0.1, -0.05) is 72.4 Å². The molecule has 1 amide bonds. The molecule has 164 valence electrons. The van der Waals surface area contributed by atoms with E-state index in [1.54, 1.807) is 0 Å². The van der Waals surface area contributed by atoms with Gasteiger partial charge in [-0.2, -0.15) is 0 Å². The molecule has 1 heterocycles. The third kappa shape index (κ3) is 5.36. The van der Waals surface area contributed by atoms with E-state index in [0.29, 0.717) is 11.4 Å². The van der Waals surface area contributed by atoms with Crippen LogP contribution in [0, 0.1) is 15.9 Å². The molecule has 0 bridgehead atoms. The molecule has 0 saturated carbocycles. The molecular formula is C23H16FN5O3S. The molecule has 1 aromatic heterocycles. The van der Waals surface area contributed by atoms with Crippen LogP contribution < -0.4 is 5.32 Å². The van der Waals surface area contributed by atoms with Gasteiger partial charge in [-0.05, 0) is 6.07 Å². The Morgan fingerprint density at radius 3 is 2.21 bits per heavy atom. The number of anilines is 1. The van der Waals surface area contributed by atoms with Gasteiger partial charge in [-0.15, -0.1) is 10.2 Å². The fourth-order valence-electron chi connectivity index (χ4n) is 3.00. The molecule has 0 spiro atoms. The minimum absolute atomic E-state index is 0.136. The second-order valence-electron chi connectivity index (χ2n) is 6.78. The van der Waals surface area contributed by atoms with Crippen molar-refractivity contribution >= 4 is 29.0 Å². The van der Waals surface area contributed by atoms with Gasteiger partial charge >= 0.3 is 0 Å². The Hall–Kier alpha value is -4.18. The third-order valence-electron chi connectivity index (χ3n) is 4.53. The molecule has 0 saturated heterocycles. The molecular weight excluding hydrogens is 445 g/mol. The lowest BCUT2D eigenvalue weighted by molar-refractivity contribution is -0.384. The maximum absolute atomic E-state index is 13.9. The fourth-order valence-corrected chi connectivity index (χ4v) is 3.59. The zero-order chi connectivity index (χ0) is 23.2. The Morgan fingerprint density at radius 1 is 0.939 bits per heavy atom. The van der Waals surface area contributed by atoms with Crippen molar-refractivity contribution in [1.82, 2.24) is 15.2 Å². The predicted octanol–water partition coefficient (Wildman–Crippen LogP) is 4.98. The molecule has 0 aliphatic carbocycles. The lowest BCUT2D eigenvalue weighted by Gasteiger charge is -2.10. The summed E-state index contributed by atoms with van der Waals surface area (Å²) in [6, 6.07) is 21.9. The van der Waals surface area contributed by atoms with Gasteiger partial charge in [-0.3, -0.25) is 14.9 Å². The summed E-state index contributed by atoms with van der Waals surface area (Å²) in [5.74, 6) is -1.46. The van der Waals surface area contributed by atoms with Crippen molar-refractivity contribution in [2.45, 2.75) is 5.16 Å². The van der Waals surface area contributed by atoms with Gasteiger partial charge in [0.05, 0.1) is 16.4 Å². The number of hydrogen-bond acceptors (Lipinski definition) is 7. The Balaban J connectivity index is 1.54. The van der Waals surface area contributed by atoms with Crippen LogP contribution in [-0.2, 0) is 4.79 Å². The number of carbonyl (C=O) groups excluding carboxylic acids is 1. The first-order valence-electron chi connectivity index (χ1n) is 9.73. The van der Waals surface area contributed by atoms with Crippen LogP contribution in [0.3, 0.4) is 0 Å². The van der Waals surface area contributed by atoms with Crippen molar-refractivity contribution in [2.24, 2.45) is 0 Å². The topological polar surface area (TPSA) is 111 Å². The van der Waals surface area contributed by atoms with E-state index in [2.05, 4.69) is 20.5 Å². The lowest BCUT2D eigenvalue weighted by atomic mass is 10.0. The summed E-state index contributed by atoms with van der Waals surface area (Å²) in [5, 5.41) is 22.0. The minimum Gasteiger partial charge on any atom is -0.323 e. The van der Waals surface area contributed by atoms with Gasteiger partial charge in [0.2, 0.25) is 11.1 Å². The molecule has 0 aliphatic heterocycles. The molecule has 0 atom stereocenters. The van der Waals surface area contributed by atoms with E-state index in [4.69, 9.17) is 0 Å². The normalized spacial score (nSPS) is 10.6. The van der Waals surface area contributed by atoms with Crippen LogP contribution in [0.1, 0.15) is 0 Å². The van der Waals surface area contributed by atoms with Crippen molar-refractivity contribution in [3.05, 3.63) is 94.8 Å². The van der Waals surface area contributed by atoms with Gasteiger partial charge < -0.3 is 5.32 Å². The second kappa shape index (κ2) is 9.96. The Labute approximate surface area is 192 Å². The molecule has 0 unspecified atom stereocenters. The Bertz CT molecular complexity index is 1310. The molecule has 4 aromatic rings. The molecule has 3 aromatic carbocycles. The maximum atomic E-state index is 13.9. The average molecular weight is 461 g/mol.